The number of hydrogen-bond donors (Lipinski definition) is 3. The lowest BCUT2D eigenvalue weighted by Gasteiger charge is -2.13. The number of rotatable bonds is 8. The van der Waals surface area contributed by atoms with Crippen LogP contribution in [0.15, 0.2) is 29.3 Å². The van der Waals surface area contributed by atoms with Gasteiger partial charge in [0.25, 0.3) is 0 Å². The molecule has 1 aromatic rings. The Labute approximate surface area is 156 Å². The Balaban J connectivity index is 0.00000529. The Hall–Kier alpha value is -1.23. The third kappa shape index (κ3) is 9.81. The molecule has 138 valence electrons. The number of hydrogen-bond acceptors (Lipinski definition) is 3. The molecule has 0 aliphatic heterocycles. The molecule has 9 heteroatoms. The average Bonchev–Trinajstić information content (AvgIpc) is 2.46. The number of anilines is 1. The minimum atomic E-state index is -4.71. The van der Waals surface area contributed by atoms with E-state index in [9.17, 15) is 13.2 Å². The lowest BCUT2D eigenvalue weighted by Crippen LogP contribution is -2.24. The van der Waals surface area contributed by atoms with Gasteiger partial charge in [0.15, 0.2) is 5.96 Å². The highest BCUT2D eigenvalue weighted by molar-refractivity contribution is 14.0. The van der Waals surface area contributed by atoms with Crippen molar-refractivity contribution >= 4 is 35.6 Å². The van der Waals surface area contributed by atoms with Crippen molar-refractivity contribution in [2.24, 2.45) is 16.6 Å². The second kappa shape index (κ2) is 11.3. The fourth-order valence-corrected chi connectivity index (χ4v) is 2.07. The summed E-state index contributed by atoms with van der Waals surface area (Å²) in [6.07, 6.45) is -2.11. The van der Waals surface area contributed by atoms with Gasteiger partial charge in [-0.15, -0.1) is 37.1 Å². The first-order valence-electron chi connectivity index (χ1n) is 7.37. The van der Waals surface area contributed by atoms with E-state index in [1.165, 1.54) is 24.3 Å². The van der Waals surface area contributed by atoms with Gasteiger partial charge in [-0.05, 0) is 43.0 Å². The van der Waals surface area contributed by atoms with Crippen LogP contribution in [0.2, 0.25) is 0 Å². The molecule has 0 aliphatic rings. The van der Waals surface area contributed by atoms with E-state index in [0.717, 1.165) is 12.8 Å². The Morgan fingerprint density at radius 1 is 1.29 bits per heavy atom. The topological polar surface area (TPSA) is 79.9 Å². The molecular formula is C15H23F3IN3O2. The molecule has 0 saturated heterocycles. The number of nitrogens with one attached hydrogen (secondary N) is 1. The van der Waals surface area contributed by atoms with Crippen molar-refractivity contribution in [2.75, 3.05) is 18.5 Å². The molecule has 0 spiro atoms. The van der Waals surface area contributed by atoms with Crippen LogP contribution in [0.25, 0.3) is 0 Å². The van der Waals surface area contributed by atoms with Crippen molar-refractivity contribution in [1.82, 2.24) is 0 Å². The number of ether oxygens (including phenoxy) is 1. The highest BCUT2D eigenvalue weighted by Crippen LogP contribution is 2.23. The molecule has 5 nitrogen and oxygen atoms in total. The van der Waals surface area contributed by atoms with E-state index in [1.54, 1.807) is 0 Å². The van der Waals surface area contributed by atoms with Crippen molar-refractivity contribution in [3.05, 3.63) is 24.3 Å². The molecule has 24 heavy (non-hydrogen) atoms. The number of aliphatic imine (C=N–C) groups is 1. The normalized spacial score (nSPS) is 13.1. The van der Waals surface area contributed by atoms with E-state index in [-0.39, 0.29) is 48.2 Å². The van der Waals surface area contributed by atoms with E-state index >= 15 is 0 Å². The number of aliphatic hydroxyl groups excluding tert-OH is 1. The van der Waals surface area contributed by atoms with Crippen LogP contribution in [-0.2, 0) is 0 Å². The highest BCUT2D eigenvalue weighted by atomic mass is 127. The maximum Gasteiger partial charge on any atom is 0.573 e. The summed E-state index contributed by atoms with van der Waals surface area (Å²) >= 11 is 0. The first kappa shape index (κ1) is 22.8. The average molecular weight is 461 g/mol. The molecule has 4 N–H and O–H groups in total. The van der Waals surface area contributed by atoms with Gasteiger partial charge in [-0.1, -0.05) is 13.3 Å². The van der Waals surface area contributed by atoms with E-state index in [1.807, 2.05) is 0 Å². The second-order valence-corrected chi connectivity index (χ2v) is 5.09. The minimum Gasteiger partial charge on any atom is -0.406 e. The van der Waals surface area contributed by atoms with Crippen LogP contribution in [-0.4, -0.2) is 30.6 Å². The van der Waals surface area contributed by atoms with Crippen molar-refractivity contribution in [2.45, 2.75) is 32.5 Å². The molecule has 0 aromatic heterocycles. The maximum absolute atomic E-state index is 12.1. The first-order valence-corrected chi connectivity index (χ1v) is 7.37. The maximum atomic E-state index is 12.1. The van der Waals surface area contributed by atoms with Crippen molar-refractivity contribution in [3.63, 3.8) is 0 Å². The molecule has 0 saturated carbocycles. The number of nitrogens with two attached hydrogens (primary N) is 1. The molecule has 0 fully saturated rings. The molecule has 1 atom stereocenters. The summed E-state index contributed by atoms with van der Waals surface area (Å²) in [7, 11) is 0. The molecule has 1 aromatic carbocycles. The quantitative estimate of drug-likeness (QED) is 0.313. The minimum absolute atomic E-state index is 0. The number of nitrogens with zero attached hydrogens (tertiary/aromatic N) is 1. The summed E-state index contributed by atoms with van der Waals surface area (Å²) in [4.78, 5) is 4.20. The Bertz CT molecular complexity index is 490. The SMILES string of the molecule is CCCC(CCO)CN=C(N)Nc1ccc(OC(F)(F)F)cc1.I. The smallest absolute Gasteiger partial charge is 0.406 e. The standard InChI is InChI=1S/C15H22F3N3O2.HI/c1-2-3-11(8-9-22)10-20-14(19)21-12-4-6-13(7-5-12)23-15(16,17)18;/h4-7,11,22H,2-3,8-10H2,1H3,(H3,19,20,21);1H. The number of benzene rings is 1. The number of guanidine groups is 1. The van der Waals surface area contributed by atoms with Crippen LogP contribution < -0.4 is 15.8 Å². The van der Waals surface area contributed by atoms with Gasteiger partial charge in [0.2, 0.25) is 0 Å². The molecule has 0 aliphatic carbocycles. The molecule has 0 amide bonds. The Morgan fingerprint density at radius 3 is 2.42 bits per heavy atom. The van der Waals surface area contributed by atoms with E-state index in [4.69, 9.17) is 10.8 Å². The zero-order valence-electron chi connectivity index (χ0n) is 13.3. The predicted octanol–water partition coefficient (Wildman–Crippen LogP) is 3.73. The van der Waals surface area contributed by atoms with Gasteiger partial charge in [0.05, 0.1) is 0 Å². The monoisotopic (exact) mass is 461 g/mol. The number of alkyl halides is 3. The molecular weight excluding hydrogens is 438 g/mol. The summed E-state index contributed by atoms with van der Waals surface area (Å²) in [6.45, 7) is 2.65. The van der Waals surface area contributed by atoms with E-state index in [0.29, 0.717) is 18.7 Å². The van der Waals surface area contributed by atoms with Gasteiger partial charge in [-0.25, -0.2) is 0 Å². The Morgan fingerprint density at radius 2 is 1.92 bits per heavy atom. The van der Waals surface area contributed by atoms with E-state index < -0.39 is 6.36 Å². The third-order valence-corrected chi connectivity index (χ3v) is 3.11. The van der Waals surface area contributed by atoms with Crippen molar-refractivity contribution in [3.8, 4) is 5.75 Å². The van der Waals surface area contributed by atoms with Gasteiger partial charge < -0.3 is 20.9 Å². The molecule has 1 rings (SSSR count). The first-order chi connectivity index (χ1) is 10.8. The Kier molecular flexibility index (Phi) is 10.8. The van der Waals surface area contributed by atoms with Crippen LogP contribution in [0.3, 0.4) is 0 Å². The zero-order valence-corrected chi connectivity index (χ0v) is 15.7. The summed E-state index contributed by atoms with van der Waals surface area (Å²) < 4.78 is 40.0. The van der Waals surface area contributed by atoms with Crippen molar-refractivity contribution in [1.29, 1.82) is 0 Å². The fraction of sp³-hybridized carbons (Fsp3) is 0.533. The largest absolute Gasteiger partial charge is 0.573 e. The van der Waals surface area contributed by atoms with Crippen LogP contribution in [0.1, 0.15) is 26.2 Å². The predicted molar refractivity (Wildman–Crippen MR) is 98.8 cm³/mol. The molecule has 0 heterocycles. The lowest BCUT2D eigenvalue weighted by molar-refractivity contribution is -0.274. The van der Waals surface area contributed by atoms with Crippen molar-refractivity contribution < 1.29 is 23.0 Å². The zero-order chi connectivity index (χ0) is 17.3. The fourth-order valence-electron chi connectivity index (χ4n) is 2.07. The summed E-state index contributed by atoms with van der Waals surface area (Å²) in [5.41, 5.74) is 6.26. The van der Waals surface area contributed by atoms with Gasteiger partial charge in [0, 0.05) is 18.8 Å². The van der Waals surface area contributed by atoms with Crippen LogP contribution in [0.4, 0.5) is 18.9 Å². The van der Waals surface area contributed by atoms with Gasteiger partial charge in [-0.3, -0.25) is 4.99 Å². The highest BCUT2D eigenvalue weighted by Gasteiger charge is 2.30. The van der Waals surface area contributed by atoms with E-state index in [2.05, 4.69) is 22.0 Å². The number of halogens is 4. The molecule has 0 radical (unpaired) electrons. The van der Waals surface area contributed by atoms with Gasteiger partial charge >= 0.3 is 6.36 Å². The number of aliphatic hydroxyl groups is 1. The van der Waals surface area contributed by atoms with Crippen LogP contribution in [0.5, 0.6) is 5.75 Å². The lowest BCUT2D eigenvalue weighted by atomic mass is 10.0. The van der Waals surface area contributed by atoms with Gasteiger partial charge in [0.1, 0.15) is 5.75 Å². The molecule has 0 bridgehead atoms. The van der Waals surface area contributed by atoms with Gasteiger partial charge in [-0.2, -0.15) is 0 Å². The summed E-state index contributed by atoms with van der Waals surface area (Å²) in [5, 5.41) is 11.8. The molecule has 1 unspecified atom stereocenters. The third-order valence-electron chi connectivity index (χ3n) is 3.11. The van der Waals surface area contributed by atoms with Crippen LogP contribution >= 0.6 is 24.0 Å². The summed E-state index contributed by atoms with van der Waals surface area (Å²) in [5.74, 6) is 0.131. The second-order valence-electron chi connectivity index (χ2n) is 5.09. The summed E-state index contributed by atoms with van der Waals surface area (Å²) in [6, 6.07) is 5.21. The van der Waals surface area contributed by atoms with Crippen LogP contribution in [0, 0.1) is 5.92 Å².